The van der Waals surface area contributed by atoms with Gasteiger partial charge in [0.15, 0.2) is 5.78 Å². The Morgan fingerprint density at radius 2 is 1.78 bits per heavy atom. The molecule has 0 unspecified atom stereocenters. The van der Waals surface area contributed by atoms with Crippen LogP contribution in [0.4, 0.5) is 0 Å². The van der Waals surface area contributed by atoms with Gasteiger partial charge in [-0.3, -0.25) is 9.59 Å². The van der Waals surface area contributed by atoms with Crippen molar-refractivity contribution in [2.75, 3.05) is 19.7 Å². The van der Waals surface area contributed by atoms with Crippen molar-refractivity contribution in [3.8, 4) is 0 Å². The number of rotatable bonds is 8. The highest BCUT2D eigenvalue weighted by molar-refractivity contribution is 6.04. The number of aromatic nitrogens is 1. The second-order valence-electron chi connectivity index (χ2n) is 7.91. The lowest BCUT2D eigenvalue weighted by Gasteiger charge is -2.25. The molecular formula is C21H30N2O4. The van der Waals surface area contributed by atoms with Crippen molar-refractivity contribution in [2.24, 2.45) is 11.8 Å². The van der Waals surface area contributed by atoms with E-state index in [1.807, 2.05) is 0 Å². The third-order valence-electron chi connectivity index (χ3n) is 5.72. The predicted octanol–water partition coefficient (Wildman–Crippen LogP) is 3.42. The maximum absolute atomic E-state index is 13.0. The van der Waals surface area contributed by atoms with E-state index in [0.29, 0.717) is 35.0 Å². The number of hydrogen-bond acceptors (Lipinski definition) is 4. The van der Waals surface area contributed by atoms with Crippen LogP contribution >= 0.6 is 0 Å². The first kappa shape index (κ1) is 19.6. The van der Waals surface area contributed by atoms with Gasteiger partial charge in [0.2, 0.25) is 5.91 Å². The highest BCUT2D eigenvalue weighted by atomic mass is 16.5. The van der Waals surface area contributed by atoms with Crippen LogP contribution in [0.15, 0.2) is 0 Å². The second kappa shape index (κ2) is 8.28. The number of nitrogens with zero attached hydrogens (tertiary/aromatic N) is 1. The van der Waals surface area contributed by atoms with Crippen molar-refractivity contribution in [3.63, 3.8) is 0 Å². The molecule has 148 valence electrons. The Labute approximate surface area is 160 Å². The molecule has 1 N–H and O–H groups in total. The largest absolute Gasteiger partial charge is 0.461 e. The number of esters is 1. The van der Waals surface area contributed by atoms with Gasteiger partial charge in [-0.25, -0.2) is 4.79 Å². The molecule has 0 aromatic carbocycles. The molecule has 3 rings (SSSR count). The average molecular weight is 374 g/mol. The first-order valence-corrected chi connectivity index (χ1v) is 10.1. The SMILES string of the molecule is CCOC(=O)c1[nH]c(C)c(C(=O)CN(CC2CC2)C(=O)C2CCCC2)c1C. The van der Waals surface area contributed by atoms with Gasteiger partial charge in [0, 0.05) is 23.7 Å². The molecule has 27 heavy (non-hydrogen) atoms. The Hall–Kier alpha value is -2.11. The predicted molar refractivity (Wildman–Crippen MR) is 102 cm³/mol. The number of carbonyl (C=O) groups excluding carboxylic acids is 3. The summed E-state index contributed by atoms with van der Waals surface area (Å²) >= 11 is 0. The zero-order chi connectivity index (χ0) is 19.6. The molecule has 0 spiro atoms. The van der Waals surface area contributed by atoms with Crippen LogP contribution in [0.1, 0.15) is 77.6 Å². The molecule has 2 fully saturated rings. The van der Waals surface area contributed by atoms with Gasteiger partial charge in [0.25, 0.3) is 0 Å². The number of aromatic amines is 1. The molecule has 2 aliphatic carbocycles. The fraction of sp³-hybridized carbons (Fsp3) is 0.667. The van der Waals surface area contributed by atoms with E-state index in [2.05, 4.69) is 4.98 Å². The molecule has 0 atom stereocenters. The van der Waals surface area contributed by atoms with Gasteiger partial charge >= 0.3 is 5.97 Å². The van der Waals surface area contributed by atoms with Gasteiger partial charge in [-0.15, -0.1) is 0 Å². The molecule has 1 aromatic heterocycles. The number of carbonyl (C=O) groups is 3. The molecule has 0 radical (unpaired) electrons. The summed E-state index contributed by atoms with van der Waals surface area (Å²) in [4.78, 5) is 42.8. The standard InChI is InChI=1S/C21H30N2O4/c1-4-27-21(26)19-13(2)18(14(3)22-19)17(24)12-23(11-15-9-10-15)20(25)16-7-5-6-8-16/h15-16,22H,4-12H2,1-3H3. The normalized spacial score (nSPS) is 17.1. The monoisotopic (exact) mass is 374 g/mol. The Morgan fingerprint density at radius 1 is 1.11 bits per heavy atom. The van der Waals surface area contributed by atoms with Crippen LogP contribution in [0.5, 0.6) is 0 Å². The van der Waals surface area contributed by atoms with Crippen LogP contribution in [-0.2, 0) is 9.53 Å². The summed E-state index contributed by atoms with van der Waals surface area (Å²) in [5.74, 6) is 0.175. The maximum atomic E-state index is 13.0. The molecular weight excluding hydrogens is 344 g/mol. The van der Waals surface area contributed by atoms with E-state index in [1.54, 1.807) is 25.7 Å². The van der Waals surface area contributed by atoms with Crippen LogP contribution in [0, 0.1) is 25.7 Å². The first-order valence-electron chi connectivity index (χ1n) is 10.1. The average Bonchev–Trinajstić information content (AvgIpc) is 3.16. The van der Waals surface area contributed by atoms with E-state index in [0.717, 1.165) is 38.5 Å². The van der Waals surface area contributed by atoms with Gasteiger partial charge in [0.05, 0.1) is 13.2 Å². The lowest BCUT2D eigenvalue weighted by molar-refractivity contribution is -0.135. The summed E-state index contributed by atoms with van der Waals surface area (Å²) in [5, 5.41) is 0. The van der Waals surface area contributed by atoms with Gasteiger partial charge in [0.1, 0.15) is 5.69 Å². The minimum atomic E-state index is -0.450. The van der Waals surface area contributed by atoms with E-state index in [-0.39, 0.29) is 30.8 Å². The van der Waals surface area contributed by atoms with Gasteiger partial charge in [-0.05, 0) is 57.9 Å². The molecule has 0 aliphatic heterocycles. The Bertz CT molecular complexity index is 727. The topological polar surface area (TPSA) is 79.5 Å². The van der Waals surface area contributed by atoms with Gasteiger partial charge < -0.3 is 14.6 Å². The highest BCUT2D eigenvalue weighted by Crippen LogP contribution is 2.32. The summed E-state index contributed by atoms with van der Waals surface area (Å²) < 4.78 is 5.06. The van der Waals surface area contributed by atoms with Crippen molar-refractivity contribution in [1.82, 2.24) is 9.88 Å². The van der Waals surface area contributed by atoms with Crippen molar-refractivity contribution in [1.29, 1.82) is 0 Å². The molecule has 2 saturated carbocycles. The summed E-state index contributed by atoms with van der Waals surface area (Å²) in [7, 11) is 0. The summed E-state index contributed by atoms with van der Waals surface area (Å²) in [5.41, 5.74) is 2.10. The summed E-state index contributed by atoms with van der Waals surface area (Å²) in [6.07, 6.45) is 6.34. The maximum Gasteiger partial charge on any atom is 0.355 e. The molecule has 0 bridgehead atoms. The fourth-order valence-electron chi connectivity index (χ4n) is 4.10. The minimum absolute atomic E-state index is 0.0695. The molecule has 0 saturated heterocycles. The van der Waals surface area contributed by atoms with Crippen molar-refractivity contribution >= 4 is 17.7 Å². The smallest absolute Gasteiger partial charge is 0.355 e. The number of hydrogen-bond donors (Lipinski definition) is 1. The number of ketones is 1. The van der Waals surface area contributed by atoms with Crippen LogP contribution in [0.2, 0.25) is 0 Å². The Kier molecular flexibility index (Phi) is 6.02. The second-order valence-corrected chi connectivity index (χ2v) is 7.91. The molecule has 6 heteroatoms. The van der Waals surface area contributed by atoms with Gasteiger partial charge in [-0.2, -0.15) is 0 Å². The van der Waals surface area contributed by atoms with Crippen LogP contribution in [0.25, 0.3) is 0 Å². The lowest BCUT2D eigenvalue weighted by Crippen LogP contribution is -2.40. The van der Waals surface area contributed by atoms with Crippen LogP contribution < -0.4 is 0 Å². The fourth-order valence-corrected chi connectivity index (χ4v) is 4.10. The third-order valence-corrected chi connectivity index (χ3v) is 5.72. The molecule has 2 aliphatic rings. The number of ether oxygens (including phenoxy) is 1. The number of Topliss-reactive ketones (excluding diaryl/α,β-unsaturated/α-hetero) is 1. The first-order chi connectivity index (χ1) is 12.9. The molecule has 1 heterocycles. The molecule has 1 amide bonds. The zero-order valence-electron chi connectivity index (χ0n) is 16.6. The number of amides is 1. The van der Waals surface area contributed by atoms with Crippen molar-refractivity contribution in [3.05, 3.63) is 22.5 Å². The van der Waals surface area contributed by atoms with Crippen LogP contribution in [-0.4, -0.2) is 47.2 Å². The highest BCUT2D eigenvalue weighted by Gasteiger charge is 2.33. The Morgan fingerprint density at radius 3 is 2.37 bits per heavy atom. The van der Waals surface area contributed by atoms with E-state index >= 15 is 0 Å². The van der Waals surface area contributed by atoms with Crippen LogP contribution in [0.3, 0.4) is 0 Å². The quantitative estimate of drug-likeness (QED) is 0.558. The summed E-state index contributed by atoms with van der Waals surface area (Å²) in [6, 6.07) is 0. The molecule has 1 aromatic rings. The van der Waals surface area contributed by atoms with Gasteiger partial charge in [-0.1, -0.05) is 12.8 Å². The Balaban J connectivity index is 1.77. The van der Waals surface area contributed by atoms with E-state index in [1.165, 1.54) is 0 Å². The van der Waals surface area contributed by atoms with Crippen molar-refractivity contribution in [2.45, 2.75) is 59.3 Å². The van der Waals surface area contributed by atoms with Crippen molar-refractivity contribution < 1.29 is 19.1 Å². The number of H-pyrrole nitrogens is 1. The van der Waals surface area contributed by atoms with E-state index < -0.39 is 5.97 Å². The molecule has 6 nitrogen and oxygen atoms in total. The number of aryl methyl sites for hydroxylation is 1. The summed E-state index contributed by atoms with van der Waals surface area (Å²) in [6.45, 7) is 6.34. The zero-order valence-corrected chi connectivity index (χ0v) is 16.6. The van der Waals surface area contributed by atoms with E-state index in [9.17, 15) is 14.4 Å². The number of nitrogens with one attached hydrogen (secondary N) is 1. The minimum Gasteiger partial charge on any atom is -0.461 e. The third kappa shape index (κ3) is 4.42. The van der Waals surface area contributed by atoms with E-state index in [4.69, 9.17) is 4.74 Å². The lowest BCUT2D eigenvalue weighted by atomic mass is 10.0.